The normalized spacial score (nSPS) is 12.1. The minimum absolute atomic E-state index is 0.0259. The van der Waals surface area contributed by atoms with Crippen molar-refractivity contribution in [3.63, 3.8) is 0 Å². The number of amides is 1. The molecule has 0 aliphatic carbocycles. The second kappa shape index (κ2) is 11.2. The maximum absolute atomic E-state index is 12.2. The Hall–Kier alpha value is -1.81. The van der Waals surface area contributed by atoms with Crippen molar-refractivity contribution in [1.82, 2.24) is 5.32 Å². The summed E-state index contributed by atoms with van der Waals surface area (Å²) in [6.07, 6.45) is 4.97. The van der Waals surface area contributed by atoms with E-state index >= 15 is 0 Å². The van der Waals surface area contributed by atoms with Gasteiger partial charge < -0.3 is 10.1 Å². The molecule has 4 heteroatoms. The highest BCUT2D eigenvalue weighted by atomic mass is 32.1. The van der Waals surface area contributed by atoms with Gasteiger partial charge in [-0.25, -0.2) is 0 Å². The second-order valence-electron chi connectivity index (χ2n) is 9.65. The quantitative estimate of drug-likeness (QED) is 0.350. The van der Waals surface area contributed by atoms with Crippen LogP contribution in [0.5, 0.6) is 5.75 Å². The number of thiophene rings is 1. The summed E-state index contributed by atoms with van der Waals surface area (Å²) in [5.74, 6) is 1.02. The zero-order valence-corrected chi connectivity index (χ0v) is 21.4. The van der Waals surface area contributed by atoms with Gasteiger partial charge in [-0.2, -0.15) is 0 Å². The predicted octanol–water partition coefficient (Wildman–Crippen LogP) is 7.27. The maximum Gasteiger partial charge on any atom is 0.252 e. The molecule has 3 nitrogen and oxygen atoms in total. The molecule has 0 saturated heterocycles. The molecule has 0 radical (unpaired) electrons. The Morgan fingerprint density at radius 1 is 1.00 bits per heavy atom. The van der Waals surface area contributed by atoms with E-state index in [9.17, 15) is 4.79 Å². The molecule has 0 aliphatic heterocycles. The molecule has 0 fully saturated rings. The van der Waals surface area contributed by atoms with Crippen LogP contribution in [-0.2, 0) is 17.3 Å². The third-order valence-electron chi connectivity index (χ3n) is 6.64. The van der Waals surface area contributed by atoms with Crippen LogP contribution in [-0.4, -0.2) is 19.1 Å². The van der Waals surface area contributed by atoms with Gasteiger partial charge in [0.25, 0.3) is 5.91 Å². The first-order chi connectivity index (χ1) is 14.6. The molecule has 31 heavy (non-hydrogen) atoms. The zero-order valence-electron chi connectivity index (χ0n) is 20.6. The fraction of sp³-hybridized carbons (Fsp3) is 0.593. The highest BCUT2D eigenvalue weighted by Gasteiger charge is 2.26. The number of carbonyl (C=O) groups is 1. The first-order valence-corrected chi connectivity index (χ1v) is 12.7. The Balaban J connectivity index is 1.90. The molecule has 0 spiro atoms. The standard InChI is InChI=1S/C27H41NO2S/c1-8-22-17-20(19-31-22)25(29)28-15-11-12-16-30-24-14-13-21(26(4,5)9-2)18-23(24)27(6,7)10-3/h13-14,17-19H,8-12,15-16H2,1-7H3,(H,28,29). The van der Waals surface area contributed by atoms with E-state index in [4.69, 9.17) is 4.74 Å². The molecule has 1 aromatic heterocycles. The van der Waals surface area contributed by atoms with Crippen LogP contribution < -0.4 is 10.1 Å². The number of nitrogens with one attached hydrogen (secondary N) is 1. The van der Waals surface area contributed by atoms with Gasteiger partial charge in [0.05, 0.1) is 12.2 Å². The van der Waals surface area contributed by atoms with E-state index in [-0.39, 0.29) is 16.7 Å². The molecular weight excluding hydrogens is 402 g/mol. The van der Waals surface area contributed by atoms with Crippen LogP contribution in [0.3, 0.4) is 0 Å². The summed E-state index contributed by atoms with van der Waals surface area (Å²) in [5.41, 5.74) is 3.68. The second-order valence-corrected chi connectivity index (χ2v) is 10.6. The van der Waals surface area contributed by atoms with Crippen molar-refractivity contribution < 1.29 is 9.53 Å². The summed E-state index contributed by atoms with van der Waals surface area (Å²) in [6.45, 7) is 17.1. The monoisotopic (exact) mass is 443 g/mol. The fourth-order valence-corrected chi connectivity index (χ4v) is 4.21. The number of hydrogen-bond acceptors (Lipinski definition) is 3. The molecule has 1 aromatic carbocycles. The van der Waals surface area contributed by atoms with E-state index in [2.05, 4.69) is 72.0 Å². The number of aryl methyl sites for hydroxylation is 1. The lowest BCUT2D eigenvalue weighted by atomic mass is 9.76. The molecule has 0 bridgehead atoms. The van der Waals surface area contributed by atoms with Crippen molar-refractivity contribution in [3.05, 3.63) is 51.2 Å². The third kappa shape index (κ3) is 6.83. The van der Waals surface area contributed by atoms with E-state index in [1.54, 1.807) is 11.3 Å². The molecule has 1 heterocycles. The molecule has 172 valence electrons. The SMILES string of the molecule is CCc1cc(C(=O)NCCCCOc2ccc(C(C)(C)CC)cc2C(C)(C)CC)cs1. The van der Waals surface area contributed by atoms with Gasteiger partial charge in [0.15, 0.2) is 0 Å². The summed E-state index contributed by atoms with van der Waals surface area (Å²) in [7, 11) is 0. The van der Waals surface area contributed by atoms with Crippen LogP contribution in [0, 0.1) is 0 Å². The van der Waals surface area contributed by atoms with Crippen molar-refractivity contribution >= 4 is 17.2 Å². The minimum atomic E-state index is 0.0259. The van der Waals surface area contributed by atoms with Crippen LogP contribution in [0.25, 0.3) is 0 Å². The van der Waals surface area contributed by atoms with Crippen molar-refractivity contribution in [2.45, 2.75) is 91.4 Å². The minimum Gasteiger partial charge on any atom is -0.493 e. The molecule has 1 N–H and O–H groups in total. The molecule has 2 rings (SSSR count). The van der Waals surface area contributed by atoms with Gasteiger partial charge in [-0.15, -0.1) is 11.3 Å². The average molecular weight is 444 g/mol. The number of unbranched alkanes of at least 4 members (excludes halogenated alkanes) is 1. The van der Waals surface area contributed by atoms with Crippen molar-refractivity contribution in [2.75, 3.05) is 13.2 Å². The lowest BCUT2D eigenvalue weighted by molar-refractivity contribution is 0.0952. The summed E-state index contributed by atoms with van der Waals surface area (Å²) in [6, 6.07) is 8.72. The number of benzene rings is 1. The summed E-state index contributed by atoms with van der Waals surface area (Å²) < 4.78 is 6.23. The third-order valence-corrected chi connectivity index (χ3v) is 7.72. The highest BCUT2D eigenvalue weighted by molar-refractivity contribution is 7.10. The van der Waals surface area contributed by atoms with Crippen LogP contribution in [0.4, 0.5) is 0 Å². The van der Waals surface area contributed by atoms with Gasteiger partial charge in [-0.05, 0) is 60.6 Å². The lowest BCUT2D eigenvalue weighted by Crippen LogP contribution is -2.24. The van der Waals surface area contributed by atoms with E-state index in [0.29, 0.717) is 13.2 Å². The summed E-state index contributed by atoms with van der Waals surface area (Å²) in [5, 5.41) is 4.96. The van der Waals surface area contributed by atoms with Gasteiger partial charge in [0.1, 0.15) is 5.75 Å². The first-order valence-electron chi connectivity index (χ1n) is 11.8. The van der Waals surface area contributed by atoms with Crippen molar-refractivity contribution in [2.24, 2.45) is 0 Å². The summed E-state index contributed by atoms with van der Waals surface area (Å²) in [4.78, 5) is 13.5. The predicted molar refractivity (Wildman–Crippen MR) is 134 cm³/mol. The lowest BCUT2D eigenvalue weighted by Gasteiger charge is -2.30. The molecule has 2 aromatic rings. The smallest absolute Gasteiger partial charge is 0.252 e. The Morgan fingerprint density at radius 2 is 1.71 bits per heavy atom. The molecule has 1 amide bonds. The van der Waals surface area contributed by atoms with Gasteiger partial charge >= 0.3 is 0 Å². The largest absolute Gasteiger partial charge is 0.493 e. The van der Waals surface area contributed by atoms with Crippen LogP contribution in [0.2, 0.25) is 0 Å². The van der Waals surface area contributed by atoms with Gasteiger partial charge in [-0.3, -0.25) is 4.79 Å². The fourth-order valence-electron chi connectivity index (χ4n) is 3.40. The Labute approximate surface area is 193 Å². The Morgan fingerprint density at radius 3 is 2.32 bits per heavy atom. The molecule has 0 saturated carbocycles. The van der Waals surface area contributed by atoms with Gasteiger partial charge in [-0.1, -0.05) is 60.6 Å². The topological polar surface area (TPSA) is 38.3 Å². The van der Waals surface area contributed by atoms with Gasteiger partial charge in [0.2, 0.25) is 0 Å². The van der Waals surface area contributed by atoms with Crippen molar-refractivity contribution in [3.8, 4) is 5.75 Å². The first kappa shape index (κ1) is 25.5. The number of ether oxygens (including phenoxy) is 1. The maximum atomic E-state index is 12.2. The Kier molecular flexibility index (Phi) is 9.17. The van der Waals surface area contributed by atoms with E-state index in [1.165, 1.54) is 16.0 Å². The number of rotatable bonds is 12. The van der Waals surface area contributed by atoms with Crippen molar-refractivity contribution in [1.29, 1.82) is 0 Å². The Bertz CT molecular complexity index is 851. The van der Waals surface area contributed by atoms with E-state index < -0.39 is 0 Å². The number of carbonyl (C=O) groups excluding carboxylic acids is 1. The highest BCUT2D eigenvalue weighted by Crippen LogP contribution is 2.38. The van der Waals surface area contributed by atoms with Crippen LogP contribution >= 0.6 is 11.3 Å². The number of hydrogen-bond donors (Lipinski definition) is 1. The zero-order chi connectivity index (χ0) is 23.1. The van der Waals surface area contributed by atoms with Crippen LogP contribution in [0.1, 0.15) is 101 Å². The molecule has 0 aliphatic rings. The molecular formula is C27H41NO2S. The van der Waals surface area contributed by atoms with Gasteiger partial charge in [0, 0.05) is 22.4 Å². The summed E-state index contributed by atoms with van der Waals surface area (Å²) >= 11 is 1.65. The molecule has 0 atom stereocenters. The van der Waals surface area contributed by atoms with Crippen LogP contribution in [0.15, 0.2) is 29.6 Å². The van der Waals surface area contributed by atoms with E-state index in [0.717, 1.165) is 43.4 Å². The van der Waals surface area contributed by atoms with E-state index in [1.807, 2.05) is 11.4 Å². The molecule has 0 unspecified atom stereocenters. The average Bonchev–Trinajstić information content (AvgIpc) is 3.25.